The fourth-order valence-corrected chi connectivity index (χ4v) is 7.13. The number of furan rings is 1. The number of nitrogens with zero attached hydrogens (tertiary/aromatic N) is 1. The minimum absolute atomic E-state index is 0.0524. The summed E-state index contributed by atoms with van der Waals surface area (Å²) in [5.41, 5.74) is 1.90. The predicted molar refractivity (Wildman–Crippen MR) is 199 cm³/mol. The van der Waals surface area contributed by atoms with Crippen LogP contribution in [0.2, 0.25) is 0 Å². The molecule has 14 nitrogen and oxygen atoms in total. The fourth-order valence-electron chi connectivity index (χ4n) is 6.62. The molecule has 2 amide bonds. The summed E-state index contributed by atoms with van der Waals surface area (Å²) in [7, 11) is 2.80. The second-order valence-electron chi connectivity index (χ2n) is 13.6. The number of benzene rings is 2. The maximum atomic E-state index is 13.7. The van der Waals surface area contributed by atoms with E-state index in [4.69, 9.17) is 42.3 Å². The van der Waals surface area contributed by atoms with Crippen molar-refractivity contribution in [3.8, 4) is 0 Å². The molecule has 1 N–H and O–H groups in total. The molecule has 55 heavy (non-hydrogen) atoms. The molecule has 5 rings (SSSR count). The maximum Gasteiger partial charge on any atom is 0.417 e. The number of amides is 2. The number of cyclic esters (lactones) is 1. The van der Waals surface area contributed by atoms with Crippen LogP contribution >= 0.6 is 15.9 Å². The Morgan fingerprint density at radius 3 is 2.15 bits per heavy atom. The summed E-state index contributed by atoms with van der Waals surface area (Å²) in [6.45, 7) is 5.43. The van der Waals surface area contributed by atoms with Gasteiger partial charge in [0.05, 0.1) is 30.3 Å². The number of methoxy groups -OCH3 is 2. The number of hydrogen-bond donors (Lipinski definition) is 1. The molecule has 15 heteroatoms. The maximum absolute atomic E-state index is 13.7. The smallest absolute Gasteiger partial charge is 0.417 e. The highest BCUT2D eigenvalue weighted by molar-refractivity contribution is 9.10. The van der Waals surface area contributed by atoms with Gasteiger partial charge in [0.15, 0.2) is 18.5 Å². The molecule has 0 aliphatic carbocycles. The molecule has 2 aliphatic rings. The molecule has 2 saturated heterocycles. The van der Waals surface area contributed by atoms with Crippen molar-refractivity contribution in [2.24, 2.45) is 5.92 Å². The van der Waals surface area contributed by atoms with Crippen LogP contribution in [-0.4, -0.2) is 105 Å². The summed E-state index contributed by atoms with van der Waals surface area (Å²) in [5.74, 6) is -0.815. The van der Waals surface area contributed by atoms with Gasteiger partial charge in [-0.25, -0.2) is 9.69 Å². The largest absolute Gasteiger partial charge is 0.461 e. The molecule has 2 aliphatic heterocycles. The zero-order chi connectivity index (χ0) is 39.5. The molecular formula is C40H50BrNO13. The molecule has 300 valence electrons. The Morgan fingerprint density at radius 2 is 1.58 bits per heavy atom. The number of esters is 1. The first kappa shape index (κ1) is 42.5. The topological polar surface area (TPSA) is 162 Å². The number of rotatable bonds is 19. The number of aryl methyl sites for hydroxylation is 1. The molecule has 2 aromatic carbocycles. The van der Waals surface area contributed by atoms with Crippen molar-refractivity contribution in [2.75, 3.05) is 34.0 Å². The number of carbonyl (C=O) groups is 3. The average molecular weight is 833 g/mol. The summed E-state index contributed by atoms with van der Waals surface area (Å²) in [6, 6.07) is 20.5. The number of carbonyl (C=O) groups excluding carboxylic acids is 3. The summed E-state index contributed by atoms with van der Waals surface area (Å²) < 4.78 is 54.2. The Balaban J connectivity index is 1.30. The lowest BCUT2D eigenvalue weighted by atomic mass is 9.98. The Labute approximate surface area is 329 Å². The van der Waals surface area contributed by atoms with Crippen molar-refractivity contribution in [2.45, 2.75) is 95.8 Å². The van der Waals surface area contributed by atoms with Gasteiger partial charge >= 0.3 is 12.1 Å². The van der Waals surface area contributed by atoms with Crippen molar-refractivity contribution in [3.05, 3.63) is 93.9 Å². The van der Waals surface area contributed by atoms with Crippen molar-refractivity contribution < 1.29 is 61.8 Å². The van der Waals surface area contributed by atoms with Crippen LogP contribution in [0.1, 0.15) is 55.9 Å². The molecule has 3 heterocycles. The van der Waals surface area contributed by atoms with Crippen molar-refractivity contribution in [3.63, 3.8) is 0 Å². The van der Waals surface area contributed by atoms with E-state index in [2.05, 4.69) is 15.9 Å². The third-order valence-electron chi connectivity index (χ3n) is 9.47. The average Bonchev–Trinajstić information content (AvgIpc) is 3.76. The number of aliphatic hydroxyl groups is 1. The summed E-state index contributed by atoms with van der Waals surface area (Å²) in [6.07, 6.45) is -6.37. The van der Waals surface area contributed by atoms with Crippen molar-refractivity contribution in [1.29, 1.82) is 0 Å². The van der Waals surface area contributed by atoms with Crippen molar-refractivity contribution >= 4 is 33.9 Å². The summed E-state index contributed by atoms with van der Waals surface area (Å²) >= 11 is 3.54. The van der Waals surface area contributed by atoms with Crippen LogP contribution < -0.4 is 0 Å². The normalized spacial score (nSPS) is 23.8. The quantitative estimate of drug-likeness (QED) is 0.119. The van der Waals surface area contributed by atoms with E-state index >= 15 is 0 Å². The third kappa shape index (κ3) is 10.8. The molecule has 0 bridgehead atoms. The predicted octanol–water partition coefficient (Wildman–Crippen LogP) is 5.52. The van der Waals surface area contributed by atoms with Gasteiger partial charge in [-0.2, -0.15) is 0 Å². The van der Waals surface area contributed by atoms with E-state index in [-0.39, 0.29) is 44.7 Å². The molecule has 3 aromatic rings. The van der Waals surface area contributed by atoms with Crippen LogP contribution in [-0.2, 0) is 67.1 Å². The highest BCUT2D eigenvalue weighted by Gasteiger charge is 2.49. The molecule has 2 fully saturated rings. The Hall–Kier alpha value is -3.67. The monoisotopic (exact) mass is 831 g/mol. The lowest BCUT2D eigenvalue weighted by Gasteiger charge is -2.45. The van der Waals surface area contributed by atoms with Gasteiger partial charge in [-0.15, -0.1) is 0 Å². The zero-order valence-electron chi connectivity index (χ0n) is 31.7. The molecule has 0 spiro atoms. The Bertz CT molecular complexity index is 1670. The van der Waals surface area contributed by atoms with Crippen molar-refractivity contribution in [1.82, 2.24) is 4.90 Å². The van der Waals surface area contributed by atoms with Gasteiger partial charge in [0.1, 0.15) is 42.5 Å². The van der Waals surface area contributed by atoms with Crippen LogP contribution in [0, 0.1) is 5.92 Å². The Morgan fingerprint density at radius 1 is 0.945 bits per heavy atom. The molecule has 0 saturated carbocycles. The van der Waals surface area contributed by atoms with Gasteiger partial charge in [0, 0.05) is 34.2 Å². The van der Waals surface area contributed by atoms with Gasteiger partial charge in [0.2, 0.25) is 0 Å². The van der Waals surface area contributed by atoms with Gasteiger partial charge in [-0.3, -0.25) is 9.59 Å². The van der Waals surface area contributed by atoms with E-state index in [1.807, 2.05) is 74.5 Å². The van der Waals surface area contributed by atoms with Gasteiger partial charge < -0.3 is 47.4 Å². The third-order valence-corrected chi connectivity index (χ3v) is 10.1. The number of imide groups is 1. The molecule has 0 unspecified atom stereocenters. The Kier molecular flexibility index (Phi) is 15.8. The zero-order valence-corrected chi connectivity index (χ0v) is 33.3. The van der Waals surface area contributed by atoms with E-state index in [1.54, 1.807) is 6.07 Å². The number of hydrogen-bond acceptors (Lipinski definition) is 13. The van der Waals surface area contributed by atoms with E-state index in [1.165, 1.54) is 21.1 Å². The van der Waals surface area contributed by atoms with E-state index in [0.717, 1.165) is 16.0 Å². The minimum Gasteiger partial charge on any atom is -0.461 e. The molecular weight excluding hydrogens is 782 g/mol. The second-order valence-corrected chi connectivity index (χ2v) is 14.5. The minimum atomic E-state index is -1.39. The summed E-state index contributed by atoms with van der Waals surface area (Å²) in [5, 5.41) is 10.3. The first-order valence-corrected chi connectivity index (χ1v) is 19.0. The highest BCUT2D eigenvalue weighted by atomic mass is 79.9. The van der Waals surface area contributed by atoms with Gasteiger partial charge in [-0.1, -0.05) is 74.5 Å². The second kappa shape index (κ2) is 20.5. The first-order chi connectivity index (χ1) is 26.6. The van der Waals surface area contributed by atoms with E-state index < -0.39 is 66.9 Å². The number of aliphatic hydroxyl groups excluding tert-OH is 1. The molecule has 0 radical (unpaired) electrons. The standard InChI is InChI=1S/C40H50BrNO13/c1-24(2)29-23-52-40(46)42(29)38(45)36(47-4)34(53-25(3)44)31-19-28(41)30(54-31)17-12-18-49-37-35(51-22-27-15-10-7-11-16-27)33(32(20-43)55-39(37)48-5)50-21-26-13-8-6-9-14-26/h6-11,13-16,19,24,29,32-37,39,43H,12,17-18,20-23H2,1-5H3/t29-,32-,33-,34-,35+,36+,37+,39+/m1/s1. The van der Waals surface area contributed by atoms with Crippen LogP contribution in [0.5, 0.6) is 0 Å². The van der Waals surface area contributed by atoms with Crippen LogP contribution in [0.15, 0.2) is 75.6 Å². The van der Waals surface area contributed by atoms with E-state index in [9.17, 15) is 19.5 Å². The number of ether oxygens (including phenoxy) is 8. The van der Waals surface area contributed by atoms with Crippen LogP contribution in [0.3, 0.4) is 0 Å². The van der Waals surface area contributed by atoms with Crippen LogP contribution in [0.4, 0.5) is 4.79 Å². The van der Waals surface area contributed by atoms with Gasteiger partial charge in [0.25, 0.3) is 5.91 Å². The highest BCUT2D eigenvalue weighted by Crippen LogP contribution is 2.35. The lowest BCUT2D eigenvalue weighted by Crippen LogP contribution is -2.61. The molecule has 8 atom stereocenters. The van der Waals surface area contributed by atoms with Crippen LogP contribution in [0.25, 0.3) is 0 Å². The molecule has 1 aromatic heterocycles. The van der Waals surface area contributed by atoms with Gasteiger partial charge in [-0.05, 0) is 45.5 Å². The summed E-state index contributed by atoms with van der Waals surface area (Å²) in [4.78, 5) is 39.6. The first-order valence-electron chi connectivity index (χ1n) is 18.3. The fraction of sp³-hybridized carbons (Fsp3) is 0.525. The SMILES string of the molecule is CO[C@H]1O[C@H](CO)[C@@H](OCc2ccccc2)[C@H](OCc2ccccc2)[C@@H]1OCCCc1oc([C@@H](OC(C)=O)[C@H](OC)C(=O)N2C(=O)OC[C@@H]2C(C)C)cc1Br. The lowest BCUT2D eigenvalue weighted by molar-refractivity contribution is -0.319. The van der Waals surface area contributed by atoms with E-state index in [0.29, 0.717) is 23.1 Å². The number of halogens is 1.